The minimum atomic E-state index is -0.895. The molecule has 1 heterocycles. The first-order valence-electron chi connectivity index (χ1n) is 5.06. The van der Waals surface area contributed by atoms with Crippen molar-refractivity contribution in [2.24, 2.45) is 0 Å². The van der Waals surface area contributed by atoms with Gasteiger partial charge in [0.05, 0.1) is 19.3 Å². The predicted molar refractivity (Wildman–Crippen MR) is 56.1 cm³/mol. The Hall–Kier alpha value is -1.95. The first-order valence-corrected chi connectivity index (χ1v) is 5.06. The van der Waals surface area contributed by atoms with E-state index < -0.39 is 12.4 Å². The van der Waals surface area contributed by atoms with Crippen molar-refractivity contribution in [2.75, 3.05) is 13.7 Å². The van der Waals surface area contributed by atoms with E-state index in [0.29, 0.717) is 6.61 Å². The van der Waals surface area contributed by atoms with Crippen molar-refractivity contribution < 1.29 is 28.8 Å². The Balaban J connectivity index is 2.29. The summed E-state index contributed by atoms with van der Waals surface area (Å²) in [5.74, 6) is -0.336. The van der Waals surface area contributed by atoms with E-state index in [1.54, 1.807) is 6.92 Å². The van der Waals surface area contributed by atoms with Gasteiger partial charge >= 0.3 is 12.4 Å². The average molecular weight is 240 g/mol. The van der Waals surface area contributed by atoms with Crippen molar-refractivity contribution in [1.82, 2.24) is 0 Å². The number of hydrogen-bond acceptors (Lipinski definition) is 6. The maximum Gasteiger partial charge on any atom is 0.361 e. The van der Waals surface area contributed by atoms with Gasteiger partial charge in [0.2, 0.25) is 5.75 Å². The molecule has 0 fully saturated rings. The molecule has 1 N–H and O–H groups in total. The zero-order chi connectivity index (χ0) is 12.4. The van der Waals surface area contributed by atoms with E-state index in [1.807, 2.05) is 0 Å². The topological polar surface area (TPSA) is 74.2 Å². The second-order valence-electron chi connectivity index (χ2n) is 3.29. The van der Waals surface area contributed by atoms with Crippen LogP contribution in [0, 0.1) is 0 Å². The van der Waals surface area contributed by atoms with Gasteiger partial charge in [-0.15, -0.1) is 0 Å². The standard InChI is InChI=1S/C11H12O6/c1-3-15-11-16-8-5-6(10(13)14-2)4-7(12)9(8)17-11/h4-5,11-12H,3H2,1-2H3. The monoisotopic (exact) mass is 240 g/mol. The van der Waals surface area contributed by atoms with Crippen LogP contribution in [-0.4, -0.2) is 31.3 Å². The van der Waals surface area contributed by atoms with Gasteiger partial charge in [-0.3, -0.25) is 0 Å². The maximum atomic E-state index is 11.3. The molecule has 1 aromatic rings. The third-order valence-corrected chi connectivity index (χ3v) is 2.20. The number of carbonyl (C=O) groups is 1. The fraction of sp³-hybridized carbons (Fsp3) is 0.364. The molecule has 1 aliphatic heterocycles. The molecule has 0 saturated heterocycles. The quantitative estimate of drug-likeness (QED) is 0.802. The first kappa shape index (κ1) is 11.5. The van der Waals surface area contributed by atoms with Crippen LogP contribution < -0.4 is 9.47 Å². The van der Waals surface area contributed by atoms with Crippen LogP contribution in [0.4, 0.5) is 0 Å². The second-order valence-corrected chi connectivity index (χ2v) is 3.29. The maximum absolute atomic E-state index is 11.3. The Bertz CT molecular complexity index is 442. The number of phenolic OH excluding ortho intramolecular Hbond substituents is 1. The summed E-state index contributed by atoms with van der Waals surface area (Å²) in [7, 11) is 1.26. The van der Waals surface area contributed by atoms with Gasteiger partial charge in [0, 0.05) is 0 Å². The molecule has 0 saturated carbocycles. The van der Waals surface area contributed by atoms with E-state index in [4.69, 9.17) is 14.2 Å². The molecule has 92 valence electrons. The molecule has 1 aliphatic rings. The van der Waals surface area contributed by atoms with Crippen LogP contribution in [0.5, 0.6) is 17.2 Å². The number of ether oxygens (including phenoxy) is 4. The third kappa shape index (κ3) is 2.12. The van der Waals surface area contributed by atoms with Gasteiger partial charge in [0.1, 0.15) is 0 Å². The fourth-order valence-electron chi connectivity index (χ4n) is 1.46. The van der Waals surface area contributed by atoms with Gasteiger partial charge in [0.15, 0.2) is 11.5 Å². The summed E-state index contributed by atoms with van der Waals surface area (Å²) >= 11 is 0. The molecule has 1 unspecified atom stereocenters. The normalized spacial score (nSPS) is 16.9. The molecule has 6 heteroatoms. The van der Waals surface area contributed by atoms with Gasteiger partial charge in [-0.25, -0.2) is 4.79 Å². The molecular formula is C11H12O6. The number of carbonyl (C=O) groups excluding carboxylic acids is 1. The number of hydrogen-bond donors (Lipinski definition) is 1. The number of fused-ring (bicyclic) bond motifs is 1. The lowest BCUT2D eigenvalue weighted by Crippen LogP contribution is -2.21. The van der Waals surface area contributed by atoms with E-state index in [1.165, 1.54) is 19.2 Å². The van der Waals surface area contributed by atoms with E-state index in [9.17, 15) is 9.90 Å². The van der Waals surface area contributed by atoms with E-state index in [0.717, 1.165) is 0 Å². The van der Waals surface area contributed by atoms with E-state index in [-0.39, 0.29) is 22.8 Å². The van der Waals surface area contributed by atoms with E-state index >= 15 is 0 Å². The summed E-state index contributed by atoms with van der Waals surface area (Å²) in [6.07, 6.45) is 0. The second kappa shape index (κ2) is 4.50. The first-order chi connectivity index (χ1) is 8.15. The lowest BCUT2D eigenvalue weighted by Gasteiger charge is -2.08. The fourth-order valence-corrected chi connectivity index (χ4v) is 1.46. The molecule has 0 aromatic heterocycles. The highest BCUT2D eigenvalue weighted by Crippen LogP contribution is 2.43. The molecule has 0 amide bonds. The Labute approximate surface area is 97.7 Å². The summed E-state index contributed by atoms with van der Waals surface area (Å²) in [6.45, 7) is 1.30. The molecule has 0 spiro atoms. The average Bonchev–Trinajstić information content (AvgIpc) is 2.71. The number of methoxy groups -OCH3 is 1. The summed E-state index contributed by atoms with van der Waals surface area (Å²) in [5, 5.41) is 9.67. The van der Waals surface area contributed by atoms with Gasteiger partial charge in [-0.05, 0) is 19.1 Å². The zero-order valence-electron chi connectivity index (χ0n) is 9.43. The van der Waals surface area contributed by atoms with Crippen LogP contribution in [0.15, 0.2) is 12.1 Å². The zero-order valence-corrected chi connectivity index (χ0v) is 9.43. The Morgan fingerprint density at radius 2 is 2.24 bits per heavy atom. The summed E-state index contributed by atoms with van der Waals surface area (Å²) in [6, 6.07) is 2.68. The van der Waals surface area contributed by atoms with Crippen LogP contribution in [0.2, 0.25) is 0 Å². The lowest BCUT2D eigenvalue weighted by molar-refractivity contribution is -0.173. The molecule has 0 aliphatic carbocycles. The molecule has 1 aromatic carbocycles. The summed E-state index contributed by atoms with van der Waals surface area (Å²) in [5.41, 5.74) is 0.185. The largest absolute Gasteiger partial charge is 0.504 e. The smallest absolute Gasteiger partial charge is 0.361 e. The SMILES string of the molecule is CCOC1Oc2cc(C(=O)OC)cc(O)c2O1. The third-order valence-electron chi connectivity index (χ3n) is 2.20. The summed E-state index contributed by atoms with van der Waals surface area (Å²) in [4.78, 5) is 11.3. The lowest BCUT2D eigenvalue weighted by atomic mass is 10.2. The van der Waals surface area contributed by atoms with Gasteiger partial charge < -0.3 is 24.1 Å². The van der Waals surface area contributed by atoms with Crippen molar-refractivity contribution in [3.63, 3.8) is 0 Å². The molecule has 1 atom stereocenters. The number of rotatable bonds is 3. The van der Waals surface area contributed by atoms with Crippen molar-refractivity contribution in [3.8, 4) is 17.2 Å². The van der Waals surface area contributed by atoms with Crippen LogP contribution in [0.3, 0.4) is 0 Å². The molecule has 6 nitrogen and oxygen atoms in total. The van der Waals surface area contributed by atoms with Gasteiger partial charge in [0.25, 0.3) is 0 Å². The Kier molecular flexibility index (Phi) is 3.06. The van der Waals surface area contributed by atoms with Crippen LogP contribution >= 0.6 is 0 Å². The van der Waals surface area contributed by atoms with Crippen molar-refractivity contribution in [3.05, 3.63) is 17.7 Å². The molecule has 2 rings (SSSR count). The highest BCUT2D eigenvalue weighted by molar-refractivity contribution is 5.91. The van der Waals surface area contributed by atoms with Gasteiger partial charge in [-0.1, -0.05) is 0 Å². The van der Waals surface area contributed by atoms with Crippen molar-refractivity contribution in [1.29, 1.82) is 0 Å². The number of esters is 1. The highest BCUT2D eigenvalue weighted by atomic mass is 16.9. The van der Waals surface area contributed by atoms with Crippen LogP contribution in [0.1, 0.15) is 17.3 Å². The predicted octanol–water partition coefficient (Wildman–Crippen LogP) is 1.27. The number of aromatic hydroxyl groups is 1. The number of benzene rings is 1. The van der Waals surface area contributed by atoms with Crippen LogP contribution in [0.25, 0.3) is 0 Å². The minimum absolute atomic E-state index is 0.163. The Morgan fingerprint density at radius 1 is 1.47 bits per heavy atom. The van der Waals surface area contributed by atoms with E-state index in [2.05, 4.69) is 4.74 Å². The molecule has 0 bridgehead atoms. The molecular weight excluding hydrogens is 228 g/mol. The molecule has 0 radical (unpaired) electrons. The molecule has 17 heavy (non-hydrogen) atoms. The highest BCUT2D eigenvalue weighted by Gasteiger charge is 2.29. The van der Waals surface area contributed by atoms with Crippen molar-refractivity contribution in [2.45, 2.75) is 13.4 Å². The summed E-state index contributed by atoms with van der Waals surface area (Å²) < 4.78 is 20.1. The number of phenols is 1. The van der Waals surface area contributed by atoms with Crippen molar-refractivity contribution >= 4 is 5.97 Å². The minimum Gasteiger partial charge on any atom is -0.504 e. The van der Waals surface area contributed by atoms with Crippen LogP contribution in [-0.2, 0) is 9.47 Å². The Morgan fingerprint density at radius 3 is 2.88 bits per heavy atom. The van der Waals surface area contributed by atoms with Gasteiger partial charge in [-0.2, -0.15) is 0 Å².